The number of hydrogen-bond donors (Lipinski definition) is 2. The van der Waals surface area contributed by atoms with Gasteiger partial charge in [0.25, 0.3) is 0 Å². The Morgan fingerprint density at radius 2 is 1.74 bits per heavy atom. The molecule has 0 saturated heterocycles. The second kappa shape index (κ2) is 9.89. The third kappa shape index (κ3) is 6.66. The SMILES string of the molecule is CCCNc1cc(NCCCSC)nc(CCC)n1. The minimum atomic E-state index is 0.927. The highest BCUT2D eigenvalue weighted by molar-refractivity contribution is 7.98. The van der Waals surface area contributed by atoms with Crippen molar-refractivity contribution in [2.45, 2.75) is 39.5 Å². The van der Waals surface area contributed by atoms with Crippen LogP contribution in [-0.2, 0) is 6.42 Å². The summed E-state index contributed by atoms with van der Waals surface area (Å²) in [6.07, 6.45) is 6.40. The molecule has 0 atom stereocenters. The third-order valence-electron chi connectivity index (χ3n) is 2.63. The van der Waals surface area contributed by atoms with Gasteiger partial charge in [-0.1, -0.05) is 13.8 Å². The van der Waals surface area contributed by atoms with Gasteiger partial charge in [0.1, 0.15) is 17.5 Å². The molecule has 0 aliphatic rings. The Labute approximate surface area is 121 Å². The Bertz CT molecular complexity index is 357. The van der Waals surface area contributed by atoms with Crippen molar-refractivity contribution in [2.75, 3.05) is 35.7 Å². The standard InChI is InChI=1S/C14H26N4S/c1-4-7-12-17-13(15-8-5-2)11-14(18-12)16-9-6-10-19-3/h11H,4-10H2,1-3H3,(H2,15,16,17,18). The Morgan fingerprint density at radius 3 is 2.32 bits per heavy atom. The van der Waals surface area contributed by atoms with Gasteiger partial charge in [-0.2, -0.15) is 11.8 Å². The molecule has 0 aliphatic heterocycles. The molecular weight excluding hydrogens is 256 g/mol. The predicted molar refractivity (Wildman–Crippen MR) is 86.3 cm³/mol. The summed E-state index contributed by atoms with van der Waals surface area (Å²) in [7, 11) is 0. The van der Waals surface area contributed by atoms with Crippen molar-refractivity contribution in [3.8, 4) is 0 Å². The summed E-state index contributed by atoms with van der Waals surface area (Å²) in [6.45, 7) is 6.23. The molecule has 1 aromatic heterocycles. The number of rotatable bonds is 10. The van der Waals surface area contributed by atoms with E-state index < -0.39 is 0 Å². The highest BCUT2D eigenvalue weighted by Crippen LogP contribution is 2.13. The van der Waals surface area contributed by atoms with Crippen LogP contribution in [0.2, 0.25) is 0 Å². The minimum absolute atomic E-state index is 0.927. The smallest absolute Gasteiger partial charge is 0.133 e. The Morgan fingerprint density at radius 1 is 1.05 bits per heavy atom. The van der Waals surface area contributed by atoms with Crippen molar-refractivity contribution in [3.63, 3.8) is 0 Å². The zero-order valence-corrected chi connectivity index (χ0v) is 13.1. The van der Waals surface area contributed by atoms with E-state index in [0.29, 0.717) is 0 Å². The number of nitrogens with zero attached hydrogens (tertiary/aromatic N) is 2. The van der Waals surface area contributed by atoms with Crippen molar-refractivity contribution in [2.24, 2.45) is 0 Å². The van der Waals surface area contributed by atoms with Gasteiger partial charge in [0.15, 0.2) is 0 Å². The summed E-state index contributed by atoms with van der Waals surface area (Å²) in [5.41, 5.74) is 0. The molecule has 0 aromatic carbocycles. The molecule has 0 unspecified atom stereocenters. The van der Waals surface area contributed by atoms with Gasteiger partial charge in [-0.25, -0.2) is 9.97 Å². The Hall–Kier alpha value is -0.970. The molecule has 0 aliphatic carbocycles. The van der Waals surface area contributed by atoms with Crippen LogP contribution in [0.1, 0.15) is 38.9 Å². The van der Waals surface area contributed by atoms with Crippen molar-refractivity contribution >= 4 is 23.4 Å². The molecule has 2 N–H and O–H groups in total. The molecule has 4 nitrogen and oxygen atoms in total. The summed E-state index contributed by atoms with van der Waals surface area (Å²) in [5.74, 6) is 3.99. The highest BCUT2D eigenvalue weighted by Gasteiger charge is 2.03. The van der Waals surface area contributed by atoms with Crippen LogP contribution in [0, 0.1) is 0 Å². The quantitative estimate of drug-likeness (QED) is 0.644. The first-order valence-corrected chi connectivity index (χ1v) is 8.54. The van der Waals surface area contributed by atoms with Gasteiger partial charge in [0, 0.05) is 25.6 Å². The molecule has 1 heterocycles. The van der Waals surface area contributed by atoms with Gasteiger partial charge in [-0.05, 0) is 31.3 Å². The van der Waals surface area contributed by atoms with Crippen molar-refractivity contribution in [1.29, 1.82) is 0 Å². The molecule has 5 heteroatoms. The summed E-state index contributed by atoms with van der Waals surface area (Å²) >= 11 is 1.88. The second-order valence-corrected chi connectivity index (χ2v) is 5.49. The van der Waals surface area contributed by atoms with Gasteiger partial charge < -0.3 is 10.6 Å². The molecule has 0 saturated carbocycles. The van der Waals surface area contributed by atoms with Gasteiger partial charge in [0.2, 0.25) is 0 Å². The monoisotopic (exact) mass is 282 g/mol. The number of nitrogens with one attached hydrogen (secondary N) is 2. The van der Waals surface area contributed by atoms with Crippen LogP contribution in [-0.4, -0.2) is 35.1 Å². The number of anilines is 2. The number of aromatic nitrogens is 2. The van der Waals surface area contributed by atoms with Crippen LogP contribution in [0.25, 0.3) is 0 Å². The van der Waals surface area contributed by atoms with Crippen LogP contribution in [0.15, 0.2) is 6.07 Å². The van der Waals surface area contributed by atoms with Crippen molar-refractivity contribution in [3.05, 3.63) is 11.9 Å². The normalized spacial score (nSPS) is 10.5. The van der Waals surface area contributed by atoms with Crippen molar-refractivity contribution < 1.29 is 0 Å². The average Bonchev–Trinajstić information content (AvgIpc) is 2.42. The lowest BCUT2D eigenvalue weighted by molar-refractivity contribution is 0.830. The zero-order chi connectivity index (χ0) is 13.9. The molecule has 0 radical (unpaired) electrons. The van der Waals surface area contributed by atoms with Crippen LogP contribution in [0.3, 0.4) is 0 Å². The molecule has 1 rings (SSSR count). The highest BCUT2D eigenvalue weighted by atomic mass is 32.2. The van der Waals surface area contributed by atoms with Gasteiger partial charge in [-0.15, -0.1) is 0 Å². The maximum atomic E-state index is 4.56. The maximum absolute atomic E-state index is 4.56. The lowest BCUT2D eigenvalue weighted by Gasteiger charge is -2.10. The van der Waals surface area contributed by atoms with Gasteiger partial charge in [0.05, 0.1) is 0 Å². The maximum Gasteiger partial charge on any atom is 0.133 e. The summed E-state index contributed by atoms with van der Waals surface area (Å²) in [4.78, 5) is 9.10. The van der Waals surface area contributed by atoms with Gasteiger partial charge in [-0.3, -0.25) is 0 Å². The number of hydrogen-bond acceptors (Lipinski definition) is 5. The van der Waals surface area contributed by atoms with E-state index in [9.17, 15) is 0 Å². The fourth-order valence-corrected chi connectivity index (χ4v) is 2.13. The lowest BCUT2D eigenvalue weighted by atomic mass is 10.3. The molecule has 0 amide bonds. The van der Waals surface area contributed by atoms with Crippen LogP contribution in [0.4, 0.5) is 11.6 Å². The first kappa shape index (κ1) is 16.1. The Balaban J connectivity index is 2.63. The largest absolute Gasteiger partial charge is 0.370 e. The number of aryl methyl sites for hydroxylation is 1. The van der Waals surface area contributed by atoms with E-state index >= 15 is 0 Å². The molecule has 0 fully saturated rings. The Kier molecular flexibility index (Phi) is 8.38. The average molecular weight is 282 g/mol. The van der Waals surface area contributed by atoms with Crippen LogP contribution >= 0.6 is 11.8 Å². The first-order chi connectivity index (χ1) is 9.30. The summed E-state index contributed by atoms with van der Waals surface area (Å²) in [5, 5.41) is 6.73. The van der Waals surface area contributed by atoms with E-state index in [1.54, 1.807) is 0 Å². The second-order valence-electron chi connectivity index (χ2n) is 4.50. The molecular formula is C14H26N4S. The molecule has 108 valence electrons. The predicted octanol–water partition coefficient (Wildman–Crippen LogP) is 3.42. The number of thioether (sulfide) groups is 1. The molecule has 0 bridgehead atoms. The fourth-order valence-electron chi connectivity index (χ4n) is 1.70. The summed E-state index contributed by atoms with van der Waals surface area (Å²) in [6, 6.07) is 2.01. The zero-order valence-electron chi connectivity index (χ0n) is 12.3. The van der Waals surface area contributed by atoms with E-state index in [0.717, 1.165) is 56.2 Å². The lowest BCUT2D eigenvalue weighted by Crippen LogP contribution is -2.10. The van der Waals surface area contributed by atoms with E-state index in [2.05, 4.69) is 40.7 Å². The molecule has 19 heavy (non-hydrogen) atoms. The molecule has 1 aromatic rings. The minimum Gasteiger partial charge on any atom is -0.370 e. The first-order valence-electron chi connectivity index (χ1n) is 7.14. The molecule has 0 spiro atoms. The topological polar surface area (TPSA) is 49.8 Å². The van der Waals surface area contributed by atoms with E-state index in [1.807, 2.05) is 17.8 Å². The van der Waals surface area contributed by atoms with E-state index in [1.165, 1.54) is 5.75 Å². The third-order valence-corrected chi connectivity index (χ3v) is 3.33. The van der Waals surface area contributed by atoms with Crippen LogP contribution < -0.4 is 10.6 Å². The van der Waals surface area contributed by atoms with E-state index in [4.69, 9.17) is 0 Å². The van der Waals surface area contributed by atoms with Crippen molar-refractivity contribution in [1.82, 2.24) is 9.97 Å². The fraction of sp³-hybridized carbons (Fsp3) is 0.714. The van der Waals surface area contributed by atoms with Crippen LogP contribution in [0.5, 0.6) is 0 Å². The van der Waals surface area contributed by atoms with Gasteiger partial charge >= 0.3 is 0 Å². The summed E-state index contributed by atoms with van der Waals surface area (Å²) < 4.78 is 0. The van der Waals surface area contributed by atoms with E-state index in [-0.39, 0.29) is 0 Å².